The third kappa shape index (κ3) is 4.12. The van der Waals surface area contributed by atoms with Gasteiger partial charge >= 0.3 is 0 Å². The number of nitrogens with zero attached hydrogens (tertiary/aromatic N) is 1. The van der Waals surface area contributed by atoms with Crippen molar-refractivity contribution in [2.75, 3.05) is 26.7 Å². The van der Waals surface area contributed by atoms with Gasteiger partial charge in [0.15, 0.2) is 0 Å². The summed E-state index contributed by atoms with van der Waals surface area (Å²) in [5.74, 6) is 0. The molecule has 0 spiro atoms. The minimum atomic E-state index is 0.683. The van der Waals surface area contributed by atoms with Crippen LogP contribution in [0.25, 0.3) is 0 Å². The molecule has 2 nitrogen and oxygen atoms in total. The van der Waals surface area contributed by atoms with Crippen molar-refractivity contribution in [2.24, 2.45) is 0 Å². The van der Waals surface area contributed by atoms with Gasteiger partial charge in [-0.25, -0.2) is 0 Å². The second kappa shape index (κ2) is 5.63. The Morgan fingerprint density at radius 1 is 1.54 bits per heavy atom. The standard InChI is InChI=1S/C10H19ClN2/c1-9(7-11)8-12-10-3-5-13(2)6-4-10/h7,10,12H,3-6,8H2,1-2H3. The minimum Gasteiger partial charge on any atom is -0.310 e. The first kappa shape index (κ1) is 11.0. The largest absolute Gasteiger partial charge is 0.310 e. The van der Waals surface area contributed by atoms with E-state index in [0.29, 0.717) is 6.04 Å². The monoisotopic (exact) mass is 202 g/mol. The maximum atomic E-state index is 5.58. The van der Waals surface area contributed by atoms with Gasteiger partial charge in [0.2, 0.25) is 0 Å². The quantitative estimate of drug-likeness (QED) is 0.751. The molecule has 1 N–H and O–H groups in total. The molecule has 0 aromatic carbocycles. The van der Waals surface area contributed by atoms with Crippen LogP contribution in [-0.4, -0.2) is 37.6 Å². The van der Waals surface area contributed by atoms with Crippen LogP contribution in [0.5, 0.6) is 0 Å². The molecule has 0 radical (unpaired) electrons. The lowest BCUT2D eigenvalue weighted by atomic mass is 10.1. The Morgan fingerprint density at radius 3 is 2.69 bits per heavy atom. The highest BCUT2D eigenvalue weighted by Crippen LogP contribution is 2.08. The number of rotatable bonds is 3. The average molecular weight is 203 g/mol. The smallest absolute Gasteiger partial charge is 0.0176 e. The van der Waals surface area contributed by atoms with Crippen molar-refractivity contribution in [1.29, 1.82) is 0 Å². The van der Waals surface area contributed by atoms with E-state index < -0.39 is 0 Å². The van der Waals surface area contributed by atoms with Crippen molar-refractivity contribution in [1.82, 2.24) is 10.2 Å². The molecule has 0 unspecified atom stereocenters. The van der Waals surface area contributed by atoms with E-state index in [1.807, 2.05) is 0 Å². The molecule has 0 saturated carbocycles. The molecule has 0 aromatic rings. The summed E-state index contributed by atoms with van der Waals surface area (Å²) >= 11 is 5.58. The maximum absolute atomic E-state index is 5.58. The first-order valence-electron chi connectivity index (χ1n) is 4.90. The van der Waals surface area contributed by atoms with Crippen LogP contribution in [0.1, 0.15) is 19.8 Å². The Hall–Kier alpha value is -0.0500. The fraction of sp³-hybridized carbons (Fsp3) is 0.800. The van der Waals surface area contributed by atoms with Crippen molar-refractivity contribution in [3.8, 4) is 0 Å². The van der Waals surface area contributed by atoms with Crippen LogP contribution in [0, 0.1) is 0 Å². The zero-order chi connectivity index (χ0) is 9.68. The number of piperidine rings is 1. The lowest BCUT2D eigenvalue weighted by molar-refractivity contribution is 0.237. The molecule has 3 heteroatoms. The van der Waals surface area contributed by atoms with Crippen molar-refractivity contribution in [2.45, 2.75) is 25.8 Å². The van der Waals surface area contributed by atoms with Gasteiger partial charge in [0.1, 0.15) is 0 Å². The zero-order valence-electron chi connectivity index (χ0n) is 8.52. The fourth-order valence-corrected chi connectivity index (χ4v) is 1.63. The molecule has 13 heavy (non-hydrogen) atoms. The third-order valence-electron chi connectivity index (χ3n) is 2.57. The Balaban J connectivity index is 2.16. The summed E-state index contributed by atoms with van der Waals surface area (Å²) in [6.07, 6.45) is 2.51. The highest BCUT2D eigenvalue weighted by atomic mass is 35.5. The molecular formula is C10H19ClN2. The molecule has 1 fully saturated rings. The zero-order valence-corrected chi connectivity index (χ0v) is 9.27. The van der Waals surface area contributed by atoms with E-state index in [2.05, 4.69) is 24.2 Å². The summed E-state index contributed by atoms with van der Waals surface area (Å²) in [5, 5.41) is 3.51. The van der Waals surface area contributed by atoms with Gasteiger partial charge < -0.3 is 10.2 Å². The molecule has 76 valence electrons. The molecule has 1 saturated heterocycles. The van der Waals surface area contributed by atoms with Gasteiger partial charge in [-0.3, -0.25) is 0 Å². The molecule has 0 aromatic heterocycles. The Morgan fingerprint density at radius 2 is 2.15 bits per heavy atom. The van der Waals surface area contributed by atoms with Gasteiger partial charge in [-0.05, 0) is 45.5 Å². The van der Waals surface area contributed by atoms with Gasteiger partial charge in [0, 0.05) is 18.1 Å². The highest BCUT2D eigenvalue weighted by Gasteiger charge is 2.15. The lowest BCUT2D eigenvalue weighted by Crippen LogP contribution is -2.41. The predicted molar refractivity (Wildman–Crippen MR) is 58.1 cm³/mol. The predicted octanol–water partition coefficient (Wildman–Crippen LogP) is 1.81. The number of hydrogen-bond acceptors (Lipinski definition) is 2. The first-order valence-corrected chi connectivity index (χ1v) is 5.34. The summed E-state index contributed by atoms with van der Waals surface area (Å²) < 4.78 is 0. The fourth-order valence-electron chi connectivity index (χ4n) is 1.56. The summed E-state index contributed by atoms with van der Waals surface area (Å²) in [4.78, 5) is 2.38. The van der Waals surface area contributed by atoms with E-state index in [1.165, 1.54) is 31.5 Å². The Kier molecular flexibility index (Phi) is 4.78. The minimum absolute atomic E-state index is 0.683. The van der Waals surface area contributed by atoms with E-state index in [4.69, 9.17) is 11.6 Å². The molecule has 1 aliphatic rings. The van der Waals surface area contributed by atoms with Gasteiger partial charge in [-0.15, -0.1) is 0 Å². The number of halogens is 1. The SMILES string of the molecule is CC(=CCl)CNC1CCN(C)CC1. The molecular weight excluding hydrogens is 184 g/mol. The first-order chi connectivity index (χ1) is 6.22. The van der Waals surface area contributed by atoms with Crippen molar-refractivity contribution >= 4 is 11.6 Å². The number of nitrogens with one attached hydrogen (secondary N) is 1. The molecule has 0 amide bonds. The van der Waals surface area contributed by atoms with Gasteiger partial charge in [-0.1, -0.05) is 11.6 Å². The summed E-state index contributed by atoms with van der Waals surface area (Å²) in [6.45, 7) is 5.40. The topological polar surface area (TPSA) is 15.3 Å². The molecule has 0 atom stereocenters. The molecule has 1 rings (SSSR count). The van der Waals surface area contributed by atoms with E-state index in [1.54, 1.807) is 5.54 Å². The van der Waals surface area contributed by atoms with E-state index in [9.17, 15) is 0 Å². The summed E-state index contributed by atoms with van der Waals surface area (Å²) in [6, 6.07) is 0.683. The van der Waals surface area contributed by atoms with E-state index in [-0.39, 0.29) is 0 Å². The Bertz CT molecular complexity index is 172. The molecule has 1 aliphatic heterocycles. The van der Waals surface area contributed by atoms with Gasteiger partial charge in [0.05, 0.1) is 0 Å². The van der Waals surface area contributed by atoms with Crippen LogP contribution in [0.15, 0.2) is 11.1 Å². The van der Waals surface area contributed by atoms with Gasteiger partial charge in [-0.2, -0.15) is 0 Å². The molecule has 1 heterocycles. The normalized spacial score (nSPS) is 22.2. The summed E-state index contributed by atoms with van der Waals surface area (Å²) in [7, 11) is 2.18. The van der Waals surface area contributed by atoms with Crippen LogP contribution in [0.2, 0.25) is 0 Å². The number of hydrogen-bond donors (Lipinski definition) is 1. The average Bonchev–Trinajstić information content (AvgIpc) is 2.16. The number of likely N-dealkylation sites (tertiary alicyclic amines) is 1. The van der Waals surface area contributed by atoms with Crippen molar-refractivity contribution in [3.63, 3.8) is 0 Å². The van der Waals surface area contributed by atoms with E-state index >= 15 is 0 Å². The van der Waals surface area contributed by atoms with Crippen molar-refractivity contribution in [3.05, 3.63) is 11.1 Å². The maximum Gasteiger partial charge on any atom is 0.0176 e. The van der Waals surface area contributed by atoms with Crippen LogP contribution < -0.4 is 5.32 Å². The van der Waals surface area contributed by atoms with E-state index in [0.717, 1.165) is 6.54 Å². The Labute approximate surface area is 85.9 Å². The molecule has 0 bridgehead atoms. The van der Waals surface area contributed by atoms with Gasteiger partial charge in [0.25, 0.3) is 0 Å². The second-order valence-electron chi connectivity index (χ2n) is 3.91. The van der Waals surface area contributed by atoms with Crippen LogP contribution >= 0.6 is 11.6 Å². The highest BCUT2D eigenvalue weighted by molar-refractivity contribution is 6.25. The third-order valence-corrected chi connectivity index (χ3v) is 2.95. The van der Waals surface area contributed by atoms with Crippen LogP contribution in [0.3, 0.4) is 0 Å². The summed E-state index contributed by atoms with van der Waals surface area (Å²) in [5.41, 5.74) is 2.86. The van der Waals surface area contributed by atoms with Crippen molar-refractivity contribution < 1.29 is 0 Å². The van der Waals surface area contributed by atoms with Crippen LogP contribution in [0.4, 0.5) is 0 Å². The lowest BCUT2D eigenvalue weighted by Gasteiger charge is -2.29. The second-order valence-corrected chi connectivity index (χ2v) is 4.13. The van der Waals surface area contributed by atoms with Crippen LogP contribution in [-0.2, 0) is 0 Å². The molecule has 0 aliphatic carbocycles.